The van der Waals surface area contributed by atoms with E-state index in [4.69, 9.17) is 4.74 Å². The van der Waals surface area contributed by atoms with Crippen molar-refractivity contribution in [3.05, 3.63) is 30.3 Å². The van der Waals surface area contributed by atoms with Crippen molar-refractivity contribution in [2.24, 2.45) is 5.92 Å². The van der Waals surface area contributed by atoms with E-state index in [0.717, 1.165) is 31.9 Å². The largest absolute Gasteiger partial charge is 0.381 e. The van der Waals surface area contributed by atoms with Crippen LogP contribution in [0, 0.1) is 5.92 Å². The topological polar surface area (TPSA) is 50.4 Å². The zero-order valence-corrected chi connectivity index (χ0v) is 11.8. The van der Waals surface area contributed by atoms with Gasteiger partial charge in [0.15, 0.2) is 0 Å². The molecule has 0 spiro atoms. The lowest BCUT2D eigenvalue weighted by Crippen LogP contribution is -2.29. The van der Waals surface area contributed by atoms with Crippen LogP contribution in [-0.4, -0.2) is 32.2 Å². The van der Waals surface area contributed by atoms with E-state index in [1.54, 1.807) is 0 Å². The third-order valence-corrected chi connectivity index (χ3v) is 2.44. The zero-order valence-electron chi connectivity index (χ0n) is 11.8. The Morgan fingerprint density at radius 2 is 2.00 bits per heavy atom. The summed E-state index contributed by atoms with van der Waals surface area (Å²) in [5.74, 6) is 0.555. The molecule has 0 bridgehead atoms. The van der Waals surface area contributed by atoms with Crippen LogP contribution in [0.25, 0.3) is 0 Å². The van der Waals surface area contributed by atoms with Gasteiger partial charge in [0.25, 0.3) is 0 Å². The molecule has 1 rings (SSSR count). The minimum absolute atomic E-state index is 0.0192. The highest BCUT2D eigenvalue weighted by atomic mass is 16.5. The molecule has 0 heterocycles. The lowest BCUT2D eigenvalue weighted by Gasteiger charge is -2.08. The summed E-state index contributed by atoms with van der Waals surface area (Å²) in [5.41, 5.74) is 0.828. The third kappa shape index (κ3) is 8.35. The van der Waals surface area contributed by atoms with Gasteiger partial charge in [-0.1, -0.05) is 32.0 Å². The Kier molecular flexibility index (Phi) is 7.86. The molecule has 0 unspecified atom stereocenters. The van der Waals surface area contributed by atoms with Crippen LogP contribution < -0.4 is 10.6 Å². The first-order valence-electron chi connectivity index (χ1n) is 6.82. The number of carbonyl (C=O) groups is 1. The van der Waals surface area contributed by atoms with Gasteiger partial charge in [-0.15, -0.1) is 0 Å². The first kappa shape index (κ1) is 15.7. The number of hydrogen-bond acceptors (Lipinski definition) is 3. The highest BCUT2D eigenvalue weighted by Gasteiger charge is 2.00. The molecule has 0 radical (unpaired) electrons. The molecule has 0 fully saturated rings. The lowest BCUT2D eigenvalue weighted by molar-refractivity contribution is -0.115. The predicted molar refractivity (Wildman–Crippen MR) is 78.2 cm³/mol. The molecule has 0 aliphatic carbocycles. The minimum Gasteiger partial charge on any atom is -0.381 e. The highest BCUT2D eigenvalue weighted by molar-refractivity contribution is 5.92. The minimum atomic E-state index is -0.0192. The Balaban J connectivity index is 1.99. The summed E-state index contributed by atoms with van der Waals surface area (Å²) in [6.07, 6.45) is 0.922. The van der Waals surface area contributed by atoms with Gasteiger partial charge in [0, 0.05) is 18.9 Å². The molecule has 1 amide bonds. The van der Waals surface area contributed by atoms with E-state index in [1.165, 1.54) is 0 Å². The van der Waals surface area contributed by atoms with Crippen molar-refractivity contribution in [1.82, 2.24) is 5.32 Å². The maximum atomic E-state index is 11.6. The Morgan fingerprint density at radius 1 is 1.26 bits per heavy atom. The van der Waals surface area contributed by atoms with E-state index in [1.807, 2.05) is 30.3 Å². The molecule has 19 heavy (non-hydrogen) atoms. The maximum Gasteiger partial charge on any atom is 0.238 e. The van der Waals surface area contributed by atoms with Gasteiger partial charge >= 0.3 is 0 Å². The molecule has 0 saturated carbocycles. The molecule has 4 heteroatoms. The fourth-order valence-electron chi connectivity index (χ4n) is 1.55. The van der Waals surface area contributed by atoms with E-state index < -0.39 is 0 Å². The molecule has 2 N–H and O–H groups in total. The molecule has 0 atom stereocenters. The summed E-state index contributed by atoms with van der Waals surface area (Å²) >= 11 is 0. The number of anilines is 1. The molecular formula is C15H24N2O2. The smallest absolute Gasteiger partial charge is 0.238 e. The van der Waals surface area contributed by atoms with Crippen LogP contribution in [-0.2, 0) is 9.53 Å². The van der Waals surface area contributed by atoms with E-state index in [9.17, 15) is 4.79 Å². The molecule has 4 nitrogen and oxygen atoms in total. The maximum absolute atomic E-state index is 11.6. The summed E-state index contributed by atoms with van der Waals surface area (Å²) in [4.78, 5) is 11.6. The van der Waals surface area contributed by atoms with E-state index in [0.29, 0.717) is 12.5 Å². The van der Waals surface area contributed by atoms with Gasteiger partial charge in [-0.05, 0) is 31.0 Å². The number of nitrogens with one attached hydrogen (secondary N) is 2. The summed E-state index contributed by atoms with van der Waals surface area (Å²) in [7, 11) is 0. The van der Waals surface area contributed by atoms with Crippen LogP contribution in [0.2, 0.25) is 0 Å². The lowest BCUT2D eigenvalue weighted by atomic mass is 10.2. The molecule has 0 aliphatic heterocycles. The number of carbonyl (C=O) groups excluding carboxylic acids is 1. The highest BCUT2D eigenvalue weighted by Crippen LogP contribution is 2.03. The second kappa shape index (κ2) is 9.53. The molecule has 106 valence electrons. The Bertz CT molecular complexity index is 352. The van der Waals surface area contributed by atoms with Gasteiger partial charge in [0.1, 0.15) is 0 Å². The molecule has 0 aliphatic rings. The normalized spacial score (nSPS) is 10.7. The Hall–Kier alpha value is -1.39. The number of rotatable bonds is 9. The van der Waals surface area contributed by atoms with Gasteiger partial charge in [0.05, 0.1) is 6.54 Å². The average molecular weight is 264 g/mol. The quantitative estimate of drug-likeness (QED) is 0.673. The zero-order chi connectivity index (χ0) is 13.9. The Labute approximate surface area is 115 Å². The number of ether oxygens (including phenoxy) is 1. The average Bonchev–Trinajstić information content (AvgIpc) is 2.38. The summed E-state index contributed by atoms with van der Waals surface area (Å²) in [6.45, 7) is 6.93. The van der Waals surface area contributed by atoms with Gasteiger partial charge in [0.2, 0.25) is 5.91 Å². The second-order valence-electron chi connectivity index (χ2n) is 4.91. The van der Waals surface area contributed by atoms with Crippen molar-refractivity contribution in [3.63, 3.8) is 0 Å². The van der Waals surface area contributed by atoms with Gasteiger partial charge < -0.3 is 15.4 Å². The van der Waals surface area contributed by atoms with Crippen molar-refractivity contribution in [1.29, 1.82) is 0 Å². The van der Waals surface area contributed by atoms with Crippen molar-refractivity contribution < 1.29 is 9.53 Å². The van der Waals surface area contributed by atoms with E-state index in [-0.39, 0.29) is 5.91 Å². The van der Waals surface area contributed by atoms with Crippen molar-refractivity contribution in [3.8, 4) is 0 Å². The number of para-hydroxylation sites is 1. The third-order valence-electron chi connectivity index (χ3n) is 2.44. The van der Waals surface area contributed by atoms with Crippen LogP contribution in [0.3, 0.4) is 0 Å². The van der Waals surface area contributed by atoms with E-state index >= 15 is 0 Å². The van der Waals surface area contributed by atoms with Crippen LogP contribution >= 0.6 is 0 Å². The number of amides is 1. The molecule has 0 saturated heterocycles. The van der Waals surface area contributed by atoms with Crippen LogP contribution in [0.15, 0.2) is 30.3 Å². The fourth-order valence-corrected chi connectivity index (χ4v) is 1.55. The standard InChI is InChI=1S/C15H24N2O2/c1-13(2)12-19-10-6-9-16-11-15(18)17-14-7-4-3-5-8-14/h3-5,7-8,13,16H,6,9-12H2,1-2H3,(H,17,18). The summed E-state index contributed by atoms with van der Waals surface area (Å²) < 4.78 is 5.46. The first-order valence-corrected chi connectivity index (χ1v) is 6.82. The van der Waals surface area contributed by atoms with Crippen molar-refractivity contribution in [2.45, 2.75) is 20.3 Å². The van der Waals surface area contributed by atoms with Crippen molar-refractivity contribution in [2.75, 3.05) is 31.6 Å². The SMILES string of the molecule is CC(C)COCCCNCC(=O)Nc1ccccc1. The second-order valence-corrected chi connectivity index (χ2v) is 4.91. The van der Waals surface area contributed by atoms with Gasteiger partial charge in [-0.2, -0.15) is 0 Å². The van der Waals surface area contributed by atoms with Gasteiger partial charge in [-0.25, -0.2) is 0 Å². The molecule has 1 aromatic carbocycles. The molecular weight excluding hydrogens is 240 g/mol. The van der Waals surface area contributed by atoms with Crippen LogP contribution in [0.5, 0.6) is 0 Å². The molecule has 1 aromatic rings. The van der Waals surface area contributed by atoms with Crippen molar-refractivity contribution >= 4 is 11.6 Å². The van der Waals surface area contributed by atoms with Gasteiger partial charge in [-0.3, -0.25) is 4.79 Å². The summed E-state index contributed by atoms with van der Waals surface area (Å²) in [6, 6.07) is 9.46. The monoisotopic (exact) mass is 264 g/mol. The first-order chi connectivity index (χ1) is 9.18. The van der Waals surface area contributed by atoms with Crippen LogP contribution in [0.4, 0.5) is 5.69 Å². The number of hydrogen-bond donors (Lipinski definition) is 2. The van der Waals surface area contributed by atoms with E-state index in [2.05, 4.69) is 24.5 Å². The predicted octanol–water partition coefficient (Wildman–Crippen LogP) is 2.28. The van der Waals surface area contributed by atoms with Crippen LogP contribution in [0.1, 0.15) is 20.3 Å². The molecule has 0 aromatic heterocycles. The number of benzene rings is 1. The fraction of sp³-hybridized carbons (Fsp3) is 0.533. The Morgan fingerprint density at radius 3 is 2.68 bits per heavy atom. The summed E-state index contributed by atoms with van der Waals surface area (Å²) in [5, 5.41) is 5.93.